The first kappa shape index (κ1) is 14.5. The van der Waals surface area contributed by atoms with E-state index in [0.717, 1.165) is 11.1 Å². The number of carbonyl (C=O) groups is 1. The van der Waals surface area contributed by atoms with Crippen molar-refractivity contribution >= 4 is 11.4 Å². The number of carbonyl (C=O) groups excluding carboxylic acids is 1. The van der Waals surface area contributed by atoms with Crippen LogP contribution in [-0.4, -0.2) is 24.1 Å². The number of hydrogen-bond acceptors (Lipinski definition) is 3. The quantitative estimate of drug-likeness (QED) is 0.946. The summed E-state index contributed by atoms with van der Waals surface area (Å²) in [6, 6.07) is 19.0. The second-order valence-electron chi connectivity index (χ2n) is 5.40. The number of aliphatic hydroxyl groups excluding tert-OH is 1. The summed E-state index contributed by atoms with van der Waals surface area (Å²) in [4.78, 5) is 12.6. The number of methoxy groups -OCH3 is 1. The molecule has 3 heteroatoms. The maximum Gasteiger partial charge on any atom is 0.167 e. The summed E-state index contributed by atoms with van der Waals surface area (Å²) in [5, 5.41) is 10.7. The molecule has 2 aromatic rings. The predicted molar refractivity (Wildman–Crippen MR) is 85.2 cm³/mol. The minimum atomic E-state index is -0.819. The van der Waals surface area contributed by atoms with Crippen LogP contribution in [0.4, 0.5) is 0 Å². The molecular weight excluding hydrogens is 276 g/mol. The van der Waals surface area contributed by atoms with Crippen LogP contribution in [0.1, 0.15) is 23.5 Å². The Balaban J connectivity index is 2.06. The Bertz CT molecular complexity index is 689. The summed E-state index contributed by atoms with van der Waals surface area (Å²) in [5.74, 6) is 0.0922. The number of ketones is 1. The summed E-state index contributed by atoms with van der Waals surface area (Å²) in [6.07, 6.45) is -0.539. The summed E-state index contributed by atoms with van der Waals surface area (Å²) in [6.45, 7) is 0. The number of ether oxygens (including phenoxy) is 1. The molecule has 1 aliphatic rings. The molecular formula is C19H18O3. The van der Waals surface area contributed by atoms with E-state index in [9.17, 15) is 9.90 Å². The highest BCUT2D eigenvalue weighted by Gasteiger charge is 2.37. The van der Waals surface area contributed by atoms with Gasteiger partial charge in [-0.05, 0) is 11.1 Å². The monoisotopic (exact) mass is 294 g/mol. The zero-order valence-corrected chi connectivity index (χ0v) is 12.4. The minimum absolute atomic E-state index is 0.00204. The van der Waals surface area contributed by atoms with E-state index < -0.39 is 6.10 Å². The molecule has 0 aromatic heterocycles. The molecule has 0 saturated carbocycles. The molecule has 22 heavy (non-hydrogen) atoms. The van der Waals surface area contributed by atoms with Gasteiger partial charge in [-0.2, -0.15) is 0 Å². The minimum Gasteiger partial charge on any atom is -0.498 e. The highest BCUT2D eigenvalue weighted by atomic mass is 16.5. The van der Waals surface area contributed by atoms with Crippen LogP contribution in [0.2, 0.25) is 0 Å². The van der Waals surface area contributed by atoms with Gasteiger partial charge in [-0.25, -0.2) is 0 Å². The van der Waals surface area contributed by atoms with Crippen molar-refractivity contribution in [2.24, 2.45) is 0 Å². The first-order valence-electron chi connectivity index (χ1n) is 7.32. The van der Waals surface area contributed by atoms with E-state index in [2.05, 4.69) is 0 Å². The number of Topliss-reactive ketones (excluding diaryl/α,β-unsaturated/α-hetero) is 1. The lowest BCUT2D eigenvalue weighted by Gasteiger charge is -2.31. The van der Waals surface area contributed by atoms with Gasteiger partial charge in [-0.15, -0.1) is 0 Å². The molecule has 1 N–H and O–H groups in total. The van der Waals surface area contributed by atoms with Crippen LogP contribution in [0.15, 0.2) is 66.4 Å². The Labute approximate surface area is 129 Å². The van der Waals surface area contributed by atoms with E-state index in [1.807, 2.05) is 60.7 Å². The topological polar surface area (TPSA) is 46.5 Å². The molecule has 0 heterocycles. The van der Waals surface area contributed by atoms with E-state index in [1.54, 1.807) is 0 Å². The standard InChI is InChI=1S/C19H18O3/c1-22-19-17(14-10-6-3-7-11-14)16(20)12-15(18(19)21)13-8-4-2-5-9-13/h2-11,15,18,21H,12H2,1H3. The summed E-state index contributed by atoms with van der Waals surface area (Å²) in [5.41, 5.74) is 2.22. The highest BCUT2D eigenvalue weighted by Crippen LogP contribution is 2.38. The molecule has 2 atom stereocenters. The van der Waals surface area contributed by atoms with Gasteiger partial charge in [-0.3, -0.25) is 4.79 Å². The number of benzene rings is 2. The van der Waals surface area contributed by atoms with Crippen molar-refractivity contribution in [2.75, 3.05) is 7.11 Å². The number of aliphatic hydroxyl groups is 1. The van der Waals surface area contributed by atoms with E-state index in [4.69, 9.17) is 4.74 Å². The average Bonchev–Trinajstić information content (AvgIpc) is 2.57. The second kappa shape index (κ2) is 6.16. The molecule has 112 valence electrons. The second-order valence-corrected chi connectivity index (χ2v) is 5.40. The van der Waals surface area contributed by atoms with Gasteiger partial charge in [0.1, 0.15) is 11.9 Å². The zero-order valence-electron chi connectivity index (χ0n) is 12.4. The van der Waals surface area contributed by atoms with Crippen LogP contribution in [0.3, 0.4) is 0 Å². The van der Waals surface area contributed by atoms with Gasteiger partial charge in [0.15, 0.2) is 5.78 Å². The number of rotatable bonds is 3. The summed E-state index contributed by atoms with van der Waals surface area (Å²) >= 11 is 0. The van der Waals surface area contributed by atoms with Crippen molar-refractivity contribution < 1.29 is 14.6 Å². The molecule has 3 rings (SSSR count). The molecule has 1 aliphatic carbocycles. The Morgan fingerprint density at radius 1 is 1.00 bits per heavy atom. The van der Waals surface area contributed by atoms with Crippen LogP contribution in [-0.2, 0) is 9.53 Å². The van der Waals surface area contributed by atoms with E-state index in [1.165, 1.54) is 7.11 Å². The third-order valence-corrected chi connectivity index (χ3v) is 4.09. The van der Waals surface area contributed by atoms with Crippen LogP contribution in [0, 0.1) is 0 Å². The van der Waals surface area contributed by atoms with Crippen molar-refractivity contribution in [2.45, 2.75) is 18.4 Å². The predicted octanol–water partition coefficient (Wildman–Crippen LogP) is 3.16. The van der Waals surface area contributed by atoms with Crippen LogP contribution >= 0.6 is 0 Å². The fourth-order valence-corrected chi connectivity index (χ4v) is 3.01. The number of hydrogen-bond donors (Lipinski definition) is 1. The fraction of sp³-hybridized carbons (Fsp3) is 0.211. The Kier molecular flexibility index (Phi) is 4.07. The van der Waals surface area contributed by atoms with Gasteiger partial charge in [0.25, 0.3) is 0 Å². The highest BCUT2D eigenvalue weighted by molar-refractivity contribution is 6.22. The smallest absolute Gasteiger partial charge is 0.167 e. The molecule has 0 amide bonds. The van der Waals surface area contributed by atoms with Crippen LogP contribution in [0.25, 0.3) is 5.57 Å². The van der Waals surface area contributed by atoms with Crippen molar-refractivity contribution in [3.63, 3.8) is 0 Å². The molecule has 3 nitrogen and oxygen atoms in total. The number of allylic oxidation sites excluding steroid dienone is 1. The van der Waals surface area contributed by atoms with Crippen molar-refractivity contribution in [1.29, 1.82) is 0 Å². The molecule has 0 radical (unpaired) electrons. The van der Waals surface area contributed by atoms with Gasteiger partial charge in [0.05, 0.1) is 12.7 Å². The van der Waals surface area contributed by atoms with Gasteiger partial charge < -0.3 is 9.84 Å². The third-order valence-electron chi connectivity index (χ3n) is 4.09. The summed E-state index contributed by atoms with van der Waals surface area (Å²) < 4.78 is 5.40. The van der Waals surface area contributed by atoms with E-state index in [-0.39, 0.29) is 18.1 Å². The van der Waals surface area contributed by atoms with E-state index in [0.29, 0.717) is 11.3 Å². The van der Waals surface area contributed by atoms with Crippen LogP contribution < -0.4 is 0 Å². The first-order chi connectivity index (χ1) is 10.7. The molecule has 2 unspecified atom stereocenters. The van der Waals surface area contributed by atoms with Crippen molar-refractivity contribution in [3.8, 4) is 0 Å². The Hall–Kier alpha value is -2.39. The largest absolute Gasteiger partial charge is 0.498 e. The molecule has 0 saturated heterocycles. The average molecular weight is 294 g/mol. The Morgan fingerprint density at radius 3 is 2.18 bits per heavy atom. The van der Waals surface area contributed by atoms with Crippen LogP contribution in [0.5, 0.6) is 0 Å². The van der Waals surface area contributed by atoms with Gasteiger partial charge in [-0.1, -0.05) is 60.7 Å². The SMILES string of the molecule is COC1=C(c2ccccc2)C(=O)CC(c2ccccc2)C1O. The van der Waals surface area contributed by atoms with Gasteiger partial charge in [0, 0.05) is 12.3 Å². The van der Waals surface area contributed by atoms with Crippen molar-refractivity contribution in [1.82, 2.24) is 0 Å². The van der Waals surface area contributed by atoms with Crippen molar-refractivity contribution in [3.05, 3.63) is 77.5 Å². The Morgan fingerprint density at radius 2 is 1.59 bits per heavy atom. The third kappa shape index (κ3) is 2.55. The van der Waals surface area contributed by atoms with Gasteiger partial charge in [0.2, 0.25) is 0 Å². The lowest BCUT2D eigenvalue weighted by Crippen LogP contribution is -2.31. The molecule has 0 aliphatic heterocycles. The fourth-order valence-electron chi connectivity index (χ4n) is 3.01. The zero-order chi connectivity index (χ0) is 15.5. The maximum absolute atomic E-state index is 12.6. The summed E-state index contributed by atoms with van der Waals surface area (Å²) in [7, 11) is 1.50. The lowest BCUT2D eigenvalue weighted by atomic mass is 9.78. The first-order valence-corrected chi connectivity index (χ1v) is 7.32. The maximum atomic E-state index is 12.6. The molecule has 0 spiro atoms. The molecule has 2 aromatic carbocycles. The van der Waals surface area contributed by atoms with E-state index >= 15 is 0 Å². The normalized spacial score (nSPS) is 21.8. The molecule has 0 bridgehead atoms. The lowest BCUT2D eigenvalue weighted by molar-refractivity contribution is -0.115. The van der Waals surface area contributed by atoms with Gasteiger partial charge >= 0.3 is 0 Å². The molecule has 0 fully saturated rings.